The van der Waals surface area contributed by atoms with Crippen LogP contribution in [-0.4, -0.2) is 34.8 Å². The highest BCUT2D eigenvalue weighted by molar-refractivity contribution is 5.96. The van der Waals surface area contributed by atoms with Crippen LogP contribution < -0.4 is 10.1 Å². The number of nitrogens with zero attached hydrogens (tertiary/aromatic N) is 2. The number of carbonyl (C=O) groups excluding carboxylic acids is 2. The molecule has 1 aliphatic rings. The molecule has 0 bridgehead atoms. The zero-order valence-corrected chi connectivity index (χ0v) is 14.6. The maximum atomic E-state index is 12.5. The Morgan fingerprint density at radius 2 is 1.86 bits per heavy atom. The smallest absolute Gasteiger partial charge is 0.417 e. The van der Waals surface area contributed by atoms with Crippen molar-refractivity contribution in [2.45, 2.75) is 6.18 Å². The number of amides is 2. The number of halogens is 3. The van der Waals surface area contributed by atoms with Gasteiger partial charge in [0.1, 0.15) is 5.75 Å². The number of benzene rings is 1. The second kappa shape index (κ2) is 7.71. The number of hydrogen-bond acceptors (Lipinski definition) is 4. The third-order valence-corrected chi connectivity index (χ3v) is 4.15. The lowest BCUT2D eigenvalue weighted by Gasteiger charge is -2.37. The van der Waals surface area contributed by atoms with Crippen LogP contribution in [0.25, 0.3) is 0 Å². The molecule has 2 aromatic rings. The van der Waals surface area contributed by atoms with Crippen LogP contribution in [-0.2, 0) is 15.8 Å². The molecule has 1 fully saturated rings. The minimum Gasteiger partial charge on any atom is -0.439 e. The van der Waals surface area contributed by atoms with Gasteiger partial charge in [-0.05, 0) is 36.4 Å². The number of carbonyl (C=O) groups is 2. The van der Waals surface area contributed by atoms with E-state index in [0.717, 1.165) is 12.1 Å². The minimum absolute atomic E-state index is 0.0197. The molecule has 2 heterocycles. The molecule has 0 spiro atoms. The fourth-order valence-corrected chi connectivity index (χ4v) is 2.53. The van der Waals surface area contributed by atoms with E-state index in [-0.39, 0.29) is 23.6 Å². The number of likely N-dealkylation sites (tertiary alicyclic amines) is 1. The monoisotopic (exact) mass is 391 g/mol. The molecule has 0 unspecified atom stereocenters. The molecule has 1 N–H and O–H groups in total. The maximum Gasteiger partial charge on any atom is 0.417 e. The van der Waals surface area contributed by atoms with Crippen molar-refractivity contribution in [2.75, 3.05) is 18.4 Å². The normalized spacial score (nSPS) is 14.2. The first-order chi connectivity index (χ1) is 13.3. The largest absolute Gasteiger partial charge is 0.439 e. The summed E-state index contributed by atoms with van der Waals surface area (Å²) in [6.07, 6.45) is -2.55. The van der Waals surface area contributed by atoms with Gasteiger partial charge in [-0.25, -0.2) is 4.98 Å². The van der Waals surface area contributed by atoms with Crippen molar-refractivity contribution in [1.82, 2.24) is 9.88 Å². The Balaban J connectivity index is 1.53. The van der Waals surface area contributed by atoms with Gasteiger partial charge < -0.3 is 15.0 Å². The first kappa shape index (κ1) is 19.4. The van der Waals surface area contributed by atoms with E-state index in [4.69, 9.17) is 4.74 Å². The summed E-state index contributed by atoms with van der Waals surface area (Å²) in [7, 11) is 0. The van der Waals surface area contributed by atoms with Crippen LogP contribution in [0.15, 0.2) is 55.3 Å². The lowest BCUT2D eigenvalue weighted by Crippen LogP contribution is -2.53. The number of hydrogen-bond donors (Lipinski definition) is 1. The molecule has 0 atom stereocenters. The van der Waals surface area contributed by atoms with E-state index in [1.54, 1.807) is 24.3 Å². The van der Waals surface area contributed by atoms with Crippen LogP contribution in [0.5, 0.6) is 11.6 Å². The van der Waals surface area contributed by atoms with E-state index in [0.29, 0.717) is 30.7 Å². The third kappa shape index (κ3) is 4.48. The summed E-state index contributed by atoms with van der Waals surface area (Å²) in [6, 6.07) is 8.33. The van der Waals surface area contributed by atoms with E-state index in [1.165, 1.54) is 11.0 Å². The molecular formula is C19H16F3N3O3. The molecule has 0 aliphatic carbocycles. The van der Waals surface area contributed by atoms with Crippen molar-refractivity contribution < 1.29 is 27.5 Å². The van der Waals surface area contributed by atoms with E-state index in [9.17, 15) is 22.8 Å². The Hall–Kier alpha value is -3.36. The Kier molecular flexibility index (Phi) is 5.34. The van der Waals surface area contributed by atoms with Gasteiger partial charge in [0.05, 0.1) is 11.5 Å². The van der Waals surface area contributed by atoms with Crippen molar-refractivity contribution in [1.29, 1.82) is 0 Å². The number of alkyl halides is 3. The van der Waals surface area contributed by atoms with Gasteiger partial charge >= 0.3 is 6.18 Å². The molecular weight excluding hydrogens is 375 g/mol. The number of pyridine rings is 1. The Morgan fingerprint density at radius 1 is 1.18 bits per heavy atom. The number of nitrogens with one attached hydrogen (secondary N) is 1. The fraction of sp³-hybridized carbons (Fsp3) is 0.211. The second-order valence-electron chi connectivity index (χ2n) is 6.14. The zero-order valence-electron chi connectivity index (χ0n) is 14.6. The van der Waals surface area contributed by atoms with Gasteiger partial charge in [-0.2, -0.15) is 13.2 Å². The van der Waals surface area contributed by atoms with Gasteiger partial charge in [0.2, 0.25) is 17.7 Å². The predicted molar refractivity (Wildman–Crippen MR) is 94.7 cm³/mol. The van der Waals surface area contributed by atoms with Gasteiger partial charge in [-0.3, -0.25) is 9.59 Å². The molecule has 1 aromatic heterocycles. The summed E-state index contributed by atoms with van der Waals surface area (Å²) in [6.45, 7) is 4.09. The lowest BCUT2D eigenvalue weighted by atomic mass is 9.99. The molecule has 1 saturated heterocycles. The average molecular weight is 391 g/mol. The van der Waals surface area contributed by atoms with Crippen LogP contribution in [0.1, 0.15) is 5.56 Å². The molecule has 9 heteroatoms. The van der Waals surface area contributed by atoms with Crippen LogP contribution in [0.3, 0.4) is 0 Å². The van der Waals surface area contributed by atoms with Crippen LogP contribution in [0.2, 0.25) is 0 Å². The van der Waals surface area contributed by atoms with Gasteiger partial charge in [0, 0.05) is 31.0 Å². The maximum absolute atomic E-state index is 12.5. The molecule has 6 nitrogen and oxygen atoms in total. The summed E-state index contributed by atoms with van der Waals surface area (Å²) in [5.41, 5.74) is -0.325. The Bertz CT molecular complexity index is 874. The molecule has 1 aromatic carbocycles. The van der Waals surface area contributed by atoms with Crippen LogP contribution in [0, 0.1) is 5.92 Å². The van der Waals surface area contributed by atoms with Gasteiger partial charge in [-0.15, -0.1) is 0 Å². The molecule has 0 radical (unpaired) electrons. The summed E-state index contributed by atoms with van der Waals surface area (Å²) in [5, 5.41) is 2.74. The Morgan fingerprint density at radius 3 is 2.39 bits per heavy atom. The Labute approximate surface area is 158 Å². The van der Waals surface area contributed by atoms with Crippen molar-refractivity contribution in [3.05, 3.63) is 60.8 Å². The number of aromatic nitrogens is 1. The summed E-state index contributed by atoms with van der Waals surface area (Å²) >= 11 is 0. The molecule has 146 valence electrons. The third-order valence-electron chi connectivity index (χ3n) is 4.15. The van der Waals surface area contributed by atoms with Crippen LogP contribution >= 0.6 is 0 Å². The fourth-order valence-electron chi connectivity index (χ4n) is 2.53. The molecule has 0 saturated carbocycles. The van der Waals surface area contributed by atoms with E-state index >= 15 is 0 Å². The topological polar surface area (TPSA) is 71.5 Å². The molecule has 2 amide bonds. The highest BCUT2D eigenvalue weighted by Crippen LogP contribution is 2.30. The minimum atomic E-state index is -4.46. The number of ether oxygens (including phenoxy) is 1. The predicted octanol–water partition coefficient (Wildman–Crippen LogP) is 3.48. The van der Waals surface area contributed by atoms with E-state index < -0.39 is 11.7 Å². The summed E-state index contributed by atoms with van der Waals surface area (Å²) in [5.74, 6) is -0.312. The first-order valence-electron chi connectivity index (χ1n) is 8.29. The van der Waals surface area contributed by atoms with Gasteiger partial charge in [-0.1, -0.05) is 6.58 Å². The lowest BCUT2D eigenvalue weighted by molar-refractivity contribution is -0.138. The highest BCUT2D eigenvalue weighted by atomic mass is 19.4. The molecule has 3 rings (SSSR count). The SMILES string of the molecule is C=CC(=O)N1CC(C(=O)Nc2ccc(Oc3ccc(C(F)(F)F)cn3)cc2)C1. The van der Waals surface area contributed by atoms with Crippen molar-refractivity contribution in [3.63, 3.8) is 0 Å². The van der Waals surface area contributed by atoms with Gasteiger partial charge in [0.15, 0.2) is 0 Å². The number of anilines is 1. The summed E-state index contributed by atoms with van der Waals surface area (Å²) in [4.78, 5) is 28.7. The van der Waals surface area contributed by atoms with E-state index in [2.05, 4.69) is 16.9 Å². The van der Waals surface area contributed by atoms with E-state index in [1.807, 2.05) is 0 Å². The average Bonchev–Trinajstić information content (AvgIpc) is 2.61. The van der Waals surface area contributed by atoms with Crippen LogP contribution in [0.4, 0.5) is 18.9 Å². The zero-order chi connectivity index (χ0) is 20.3. The standard InChI is InChI=1S/C19H16F3N3O3/c1-2-17(26)25-10-12(11-25)18(27)24-14-4-6-15(7-5-14)28-16-8-3-13(9-23-16)19(20,21)22/h2-9,12H,1,10-11H2,(H,24,27). The number of rotatable bonds is 5. The highest BCUT2D eigenvalue weighted by Gasteiger charge is 2.34. The van der Waals surface area contributed by atoms with Gasteiger partial charge in [0.25, 0.3) is 0 Å². The first-order valence-corrected chi connectivity index (χ1v) is 8.29. The van der Waals surface area contributed by atoms with Crippen molar-refractivity contribution in [3.8, 4) is 11.6 Å². The molecule has 28 heavy (non-hydrogen) atoms. The second-order valence-corrected chi connectivity index (χ2v) is 6.14. The van der Waals surface area contributed by atoms with Crippen molar-refractivity contribution in [2.24, 2.45) is 5.92 Å². The summed E-state index contributed by atoms with van der Waals surface area (Å²) < 4.78 is 43.0. The molecule has 1 aliphatic heterocycles. The quantitative estimate of drug-likeness (QED) is 0.793. The van der Waals surface area contributed by atoms with Crippen molar-refractivity contribution >= 4 is 17.5 Å².